The van der Waals surface area contributed by atoms with Crippen molar-refractivity contribution in [2.24, 2.45) is 0 Å². The van der Waals surface area contributed by atoms with Gasteiger partial charge in [-0.05, 0) is 55.5 Å². The molecular formula is C20H30O2. The largest absolute Gasteiger partial charge is 0.507 e. The van der Waals surface area contributed by atoms with Gasteiger partial charge >= 0.3 is 0 Å². The second-order valence-corrected chi connectivity index (χ2v) is 7.64. The third-order valence-electron chi connectivity index (χ3n) is 4.58. The quantitative estimate of drug-likeness (QED) is 0.670. The number of fused-ring (bicyclic) bond motifs is 1. The maximum atomic E-state index is 10.3. The Labute approximate surface area is 135 Å². The van der Waals surface area contributed by atoms with Crippen LogP contribution in [0.4, 0.5) is 0 Å². The molecule has 0 saturated heterocycles. The van der Waals surface area contributed by atoms with Gasteiger partial charge in [-0.1, -0.05) is 46.5 Å². The molecule has 1 aromatic rings. The summed E-state index contributed by atoms with van der Waals surface area (Å²) in [7, 11) is 0. The fourth-order valence-electron chi connectivity index (χ4n) is 2.99. The number of benzene rings is 1. The number of phenolic OH excluding ortho intramolecular Hbond substituents is 1. The number of rotatable bonds is 6. The predicted molar refractivity (Wildman–Crippen MR) is 93.6 cm³/mol. The average Bonchev–Trinajstić information content (AvgIpc) is 2.42. The fourth-order valence-corrected chi connectivity index (χ4v) is 2.99. The molecule has 1 aliphatic heterocycles. The Morgan fingerprint density at radius 1 is 1.14 bits per heavy atom. The summed E-state index contributed by atoms with van der Waals surface area (Å²) in [5.41, 5.74) is 1.69. The maximum absolute atomic E-state index is 10.3. The molecule has 0 amide bonds. The van der Waals surface area contributed by atoms with Crippen LogP contribution in [0.3, 0.4) is 0 Å². The molecule has 1 N–H and O–H groups in total. The average molecular weight is 302 g/mol. The van der Waals surface area contributed by atoms with Crippen molar-refractivity contribution < 1.29 is 9.84 Å². The first-order valence-electron chi connectivity index (χ1n) is 8.51. The Morgan fingerprint density at radius 3 is 2.55 bits per heavy atom. The Hall–Kier alpha value is -1.44. The Morgan fingerprint density at radius 2 is 1.86 bits per heavy atom. The van der Waals surface area contributed by atoms with Gasteiger partial charge in [0.1, 0.15) is 17.1 Å². The highest BCUT2D eigenvalue weighted by molar-refractivity contribution is 5.68. The zero-order valence-corrected chi connectivity index (χ0v) is 14.7. The third kappa shape index (κ3) is 3.85. The van der Waals surface area contributed by atoms with E-state index in [1.807, 2.05) is 32.1 Å². The van der Waals surface area contributed by atoms with E-state index in [1.165, 1.54) is 25.7 Å². The predicted octanol–water partition coefficient (Wildman–Crippen LogP) is 5.82. The molecular weight excluding hydrogens is 272 g/mol. The van der Waals surface area contributed by atoms with E-state index in [-0.39, 0.29) is 11.0 Å². The minimum Gasteiger partial charge on any atom is -0.507 e. The van der Waals surface area contributed by atoms with Gasteiger partial charge in [-0.3, -0.25) is 0 Å². The van der Waals surface area contributed by atoms with Crippen LogP contribution in [0.25, 0.3) is 6.08 Å². The first-order valence-corrected chi connectivity index (χ1v) is 8.51. The van der Waals surface area contributed by atoms with E-state index in [1.54, 1.807) is 0 Å². The molecule has 0 spiro atoms. The lowest BCUT2D eigenvalue weighted by Crippen LogP contribution is -2.28. The molecule has 0 atom stereocenters. The summed E-state index contributed by atoms with van der Waals surface area (Å²) in [6.07, 6.45) is 10.2. The molecule has 1 aromatic carbocycles. The SMILES string of the molecule is CCCCCCC(C)(C)c1cc(O)c2c(c1)OC(C)(C)C=C2. The summed E-state index contributed by atoms with van der Waals surface area (Å²) >= 11 is 0. The van der Waals surface area contributed by atoms with Crippen LogP contribution < -0.4 is 4.74 Å². The molecule has 2 nitrogen and oxygen atoms in total. The second-order valence-electron chi connectivity index (χ2n) is 7.64. The Balaban J connectivity index is 2.22. The van der Waals surface area contributed by atoms with E-state index < -0.39 is 0 Å². The minimum absolute atomic E-state index is 0.0505. The number of hydrogen-bond acceptors (Lipinski definition) is 2. The van der Waals surface area contributed by atoms with E-state index in [0.29, 0.717) is 5.75 Å². The summed E-state index contributed by atoms with van der Waals surface area (Å²) < 4.78 is 6.03. The highest BCUT2D eigenvalue weighted by Gasteiger charge is 2.27. The summed E-state index contributed by atoms with van der Waals surface area (Å²) in [5, 5.41) is 10.3. The maximum Gasteiger partial charge on any atom is 0.131 e. The molecule has 2 rings (SSSR count). The van der Waals surface area contributed by atoms with E-state index in [4.69, 9.17) is 4.74 Å². The number of phenols is 1. The van der Waals surface area contributed by atoms with Crippen LogP contribution in [0, 0.1) is 0 Å². The van der Waals surface area contributed by atoms with Gasteiger partial charge < -0.3 is 9.84 Å². The van der Waals surface area contributed by atoms with E-state index in [2.05, 4.69) is 26.8 Å². The lowest BCUT2D eigenvalue weighted by molar-refractivity contribution is 0.158. The van der Waals surface area contributed by atoms with Crippen molar-refractivity contribution in [2.75, 3.05) is 0 Å². The van der Waals surface area contributed by atoms with Crippen LogP contribution in [0.15, 0.2) is 18.2 Å². The van der Waals surface area contributed by atoms with Crippen LogP contribution in [0.1, 0.15) is 77.8 Å². The van der Waals surface area contributed by atoms with Gasteiger partial charge in [-0.2, -0.15) is 0 Å². The van der Waals surface area contributed by atoms with Gasteiger partial charge in [0.05, 0.1) is 5.56 Å². The first kappa shape index (κ1) is 16.9. The van der Waals surface area contributed by atoms with E-state index in [9.17, 15) is 5.11 Å². The van der Waals surface area contributed by atoms with E-state index >= 15 is 0 Å². The minimum atomic E-state index is -0.316. The lowest BCUT2D eigenvalue weighted by Gasteiger charge is -2.31. The molecule has 1 heterocycles. The normalized spacial score (nSPS) is 16.2. The topological polar surface area (TPSA) is 29.5 Å². The monoisotopic (exact) mass is 302 g/mol. The highest BCUT2D eigenvalue weighted by Crippen LogP contribution is 2.41. The van der Waals surface area contributed by atoms with Crippen molar-refractivity contribution in [2.45, 2.75) is 77.7 Å². The number of ether oxygens (including phenoxy) is 1. The molecule has 0 aliphatic carbocycles. The number of hydrogen-bond donors (Lipinski definition) is 1. The molecule has 1 aliphatic rings. The van der Waals surface area contributed by atoms with Crippen molar-refractivity contribution >= 4 is 6.08 Å². The lowest BCUT2D eigenvalue weighted by atomic mass is 9.79. The molecule has 0 aromatic heterocycles. The van der Waals surface area contributed by atoms with Crippen molar-refractivity contribution in [3.8, 4) is 11.5 Å². The van der Waals surface area contributed by atoms with Gasteiger partial charge in [-0.25, -0.2) is 0 Å². The fraction of sp³-hybridized carbons (Fsp3) is 0.600. The van der Waals surface area contributed by atoms with Crippen molar-refractivity contribution in [1.29, 1.82) is 0 Å². The van der Waals surface area contributed by atoms with Gasteiger partial charge in [0.2, 0.25) is 0 Å². The van der Waals surface area contributed by atoms with Crippen LogP contribution in [-0.2, 0) is 5.41 Å². The van der Waals surface area contributed by atoms with Gasteiger partial charge in [0, 0.05) is 0 Å². The Bertz CT molecular complexity index is 553. The van der Waals surface area contributed by atoms with Crippen LogP contribution >= 0.6 is 0 Å². The molecule has 0 bridgehead atoms. The molecule has 122 valence electrons. The smallest absolute Gasteiger partial charge is 0.131 e. The van der Waals surface area contributed by atoms with Gasteiger partial charge in [0.25, 0.3) is 0 Å². The summed E-state index contributed by atoms with van der Waals surface area (Å²) in [6.45, 7) is 10.8. The standard InChI is InChI=1S/C20H30O2/c1-6-7-8-9-11-19(2,3)15-13-17(21)16-10-12-20(4,5)22-18(16)14-15/h10,12-14,21H,6-9,11H2,1-5H3. The Kier molecular flexibility index (Phi) is 4.89. The van der Waals surface area contributed by atoms with Gasteiger partial charge in [0.15, 0.2) is 0 Å². The third-order valence-corrected chi connectivity index (χ3v) is 4.58. The van der Waals surface area contributed by atoms with Crippen molar-refractivity contribution in [1.82, 2.24) is 0 Å². The number of aromatic hydroxyl groups is 1. The van der Waals surface area contributed by atoms with Crippen LogP contribution in [-0.4, -0.2) is 10.7 Å². The molecule has 0 saturated carbocycles. The van der Waals surface area contributed by atoms with Gasteiger partial charge in [-0.15, -0.1) is 0 Å². The van der Waals surface area contributed by atoms with Crippen molar-refractivity contribution in [3.63, 3.8) is 0 Å². The molecule has 2 heteroatoms. The highest BCUT2D eigenvalue weighted by atomic mass is 16.5. The van der Waals surface area contributed by atoms with Crippen LogP contribution in [0.2, 0.25) is 0 Å². The van der Waals surface area contributed by atoms with Crippen LogP contribution in [0.5, 0.6) is 11.5 Å². The summed E-state index contributed by atoms with van der Waals surface area (Å²) in [6, 6.07) is 4.02. The number of unbranched alkanes of at least 4 members (excludes halogenated alkanes) is 3. The first-order chi connectivity index (χ1) is 10.2. The molecule has 0 fully saturated rings. The second kappa shape index (κ2) is 6.36. The summed E-state index contributed by atoms with van der Waals surface area (Å²) in [5.74, 6) is 1.12. The summed E-state index contributed by atoms with van der Waals surface area (Å²) in [4.78, 5) is 0. The molecule has 0 radical (unpaired) electrons. The molecule has 22 heavy (non-hydrogen) atoms. The zero-order valence-electron chi connectivity index (χ0n) is 14.7. The molecule has 0 unspecified atom stereocenters. The van der Waals surface area contributed by atoms with Crippen molar-refractivity contribution in [3.05, 3.63) is 29.3 Å². The zero-order chi connectivity index (χ0) is 16.4. The van der Waals surface area contributed by atoms with E-state index in [0.717, 1.165) is 23.3 Å².